The highest BCUT2D eigenvalue weighted by Crippen LogP contribution is 2.75. The summed E-state index contributed by atoms with van der Waals surface area (Å²) in [5.41, 5.74) is -3.38. The molecule has 31 nitrogen and oxygen atoms in total. The molecule has 96 heavy (non-hydrogen) atoms. The molecule has 6 fully saturated rings. The molecule has 7 rings (SSSR count). The van der Waals surface area contributed by atoms with E-state index in [2.05, 4.69) is 44.4 Å². The minimum atomic E-state index is -6.13. The first-order valence-corrected chi connectivity index (χ1v) is 39.8. The lowest BCUT2D eigenvalue weighted by Crippen LogP contribution is -2.69. The predicted molar refractivity (Wildman–Crippen MR) is 334 cm³/mol. The number of hydrogen-bond donors (Lipinski definition) is 7. The molecule has 19 atom stereocenters. The van der Waals surface area contributed by atoms with Gasteiger partial charge < -0.3 is 33.9 Å². The van der Waals surface area contributed by atoms with Crippen molar-refractivity contribution < 1.29 is 139 Å². The van der Waals surface area contributed by atoms with Gasteiger partial charge in [-0.1, -0.05) is 150 Å². The third-order valence-corrected chi connectivity index (χ3v) is 24.8. The topological polar surface area (TPSA) is 473 Å². The van der Waals surface area contributed by atoms with Gasteiger partial charge in [-0.3, -0.25) is 32.4 Å². The number of carbonyl (C=O) groups is 4. The van der Waals surface area contributed by atoms with Crippen LogP contribution in [0, 0.1) is 50.2 Å². The zero-order chi connectivity index (χ0) is 71.6. The van der Waals surface area contributed by atoms with Crippen molar-refractivity contribution in [2.45, 2.75) is 283 Å². The predicted octanol–water partition coefficient (Wildman–Crippen LogP) is 8.10. The molecule has 36 heteroatoms. The van der Waals surface area contributed by atoms with Crippen molar-refractivity contribution in [1.82, 2.24) is 0 Å². The number of rotatable bonds is 34. The Morgan fingerprint density at radius 2 is 0.927 bits per heavy atom. The average molecular weight is 1480 g/mol. The molecule has 0 spiro atoms. The van der Waals surface area contributed by atoms with Gasteiger partial charge in [0.15, 0.2) is 36.7 Å². The summed E-state index contributed by atoms with van der Waals surface area (Å²) < 4.78 is 225. The first kappa shape index (κ1) is 80.3. The molecule has 7 N–H and O–H groups in total. The van der Waals surface area contributed by atoms with Crippen LogP contribution in [-0.4, -0.2) is 173 Å². The van der Waals surface area contributed by atoms with Gasteiger partial charge in [0, 0.05) is 5.92 Å². The Bertz CT molecular complexity index is 3400. The van der Waals surface area contributed by atoms with Gasteiger partial charge in [-0.15, -0.1) is 0 Å². The lowest BCUT2D eigenvalue weighted by molar-refractivity contribution is -0.364. The van der Waals surface area contributed by atoms with Gasteiger partial charge in [-0.2, -0.15) is 42.1 Å². The molecule has 0 radical (unpaired) electrons. The Labute approximate surface area is 563 Å². The fourth-order valence-corrected chi connectivity index (χ4v) is 20.0. The number of carbonyl (C=O) groups excluding carboxylic acids is 2. The maximum absolute atomic E-state index is 15.5. The van der Waals surface area contributed by atoms with Crippen LogP contribution in [0.25, 0.3) is 0 Å². The van der Waals surface area contributed by atoms with Gasteiger partial charge >= 0.3 is 69.9 Å². The molecule has 0 amide bonds. The zero-order valence-corrected chi connectivity index (χ0v) is 59.6. The van der Waals surface area contributed by atoms with E-state index in [9.17, 15) is 89.4 Å². The summed E-state index contributed by atoms with van der Waals surface area (Å²) in [6.45, 7) is 16.5. The van der Waals surface area contributed by atoms with Gasteiger partial charge in [-0.25, -0.2) is 30.5 Å². The van der Waals surface area contributed by atoms with E-state index in [0.717, 1.165) is 50.5 Å². The fraction of sp³-hybridized carbons (Fsp3) is 0.900. The van der Waals surface area contributed by atoms with E-state index >= 15 is 4.79 Å². The van der Waals surface area contributed by atoms with Crippen LogP contribution < -0.4 is 0 Å². The van der Waals surface area contributed by atoms with Gasteiger partial charge in [0.05, 0.1) is 18.1 Å². The van der Waals surface area contributed by atoms with E-state index in [1.54, 1.807) is 19.9 Å². The highest BCUT2D eigenvalue weighted by molar-refractivity contribution is 7.82. The minimum Gasteiger partial charge on any atom is -0.479 e. The van der Waals surface area contributed by atoms with Crippen molar-refractivity contribution in [1.29, 1.82) is 0 Å². The Balaban J connectivity index is 1.13. The van der Waals surface area contributed by atoms with Crippen molar-refractivity contribution in [2.75, 3.05) is 6.61 Å². The molecule has 5 aliphatic carbocycles. The molecule has 2 aliphatic heterocycles. The SMILES string of the molecule is CCCCCCCCCCCCCCCCCCOC(=O)[C@@]1(C)CCC2(C)CC[C@]3(C)C(=CC(=O)C4C5(C)CCC(O[C@@H]6O[C@H](C(=O)O)[C@@H](OS(=O)(=O)O)[C@H](OS(=O)(=O)O)[C@H]6O[C@@H]6O[C@H](C(=O)O)[C@@H](OS(=O)(=O)O)[C@H](OS(=O)(=O)O)[C@H]6OS(=O)(=O)O)C(C)(C)C5CCC43C)C2C1. The molecule has 554 valence electrons. The number of ether oxygens (including phenoxy) is 5. The van der Waals surface area contributed by atoms with Gasteiger partial charge in [0.25, 0.3) is 0 Å². The monoisotopic (exact) mass is 1470 g/mol. The number of carboxylic acids is 2. The molecule has 7 unspecified atom stereocenters. The Morgan fingerprint density at radius 1 is 0.510 bits per heavy atom. The van der Waals surface area contributed by atoms with Crippen molar-refractivity contribution in [2.24, 2.45) is 50.2 Å². The Kier molecular flexibility index (Phi) is 25.9. The molecule has 4 saturated carbocycles. The van der Waals surface area contributed by atoms with E-state index in [4.69, 9.17) is 27.9 Å². The number of unbranched alkanes of at least 4 members (excludes halogenated alkanes) is 15. The lowest BCUT2D eigenvalue weighted by atomic mass is 9.33. The highest BCUT2D eigenvalue weighted by atomic mass is 32.3. The summed E-state index contributed by atoms with van der Waals surface area (Å²) in [6.07, 6.45) is -6.15. The average Bonchev–Trinajstić information content (AvgIpc) is 0.675. The summed E-state index contributed by atoms with van der Waals surface area (Å²) in [5.74, 6) is -6.31. The number of allylic oxidation sites excluding steroid dienone is 2. The molecular weight excluding hydrogens is 1380 g/mol. The number of carboxylic acid groups (broad SMARTS) is 2. The van der Waals surface area contributed by atoms with Gasteiger partial charge in [-0.05, 0) is 116 Å². The molecule has 0 bridgehead atoms. The second kappa shape index (κ2) is 30.9. The summed E-state index contributed by atoms with van der Waals surface area (Å²) in [5, 5.41) is 20.7. The van der Waals surface area contributed by atoms with Crippen molar-refractivity contribution >= 4 is 75.7 Å². The van der Waals surface area contributed by atoms with Crippen LogP contribution in [-0.2, 0) is 116 Å². The van der Waals surface area contributed by atoms with Crippen molar-refractivity contribution in [3.8, 4) is 0 Å². The van der Waals surface area contributed by atoms with Crippen LogP contribution in [0.5, 0.6) is 0 Å². The minimum absolute atomic E-state index is 0.0821. The third-order valence-electron chi connectivity index (χ3n) is 22.5. The number of fused-ring (bicyclic) bond motifs is 7. The molecule has 0 aromatic rings. The Morgan fingerprint density at radius 3 is 1.39 bits per heavy atom. The van der Waals surface area contributed by atoms with Crippen LogP contribution >= 0.6 is 0 Å². The molecule has 2 heterocycles. The largest absolute Gasteiger partial charge is 0.479 e. The van der Waals surface area contributed by atoms with Gasteiger partial charge in [0.2, 0.25) is 0 Å². The first-order chi connectivity index (χ1) is 44.2. The zero-order valence-electron chi connectivity index (χ0n) is 55.5. The second-order valence-electron chi connectivity index (χ2n) is 29.2. The lowest BCUT2D eigenvalue weighted by Gasteiger charge is -2.70. The smallest absolute Gasteiger partial charge is 0.397 e. The quantitative estimate of drug-likeness (QED) is 0.0138. The van der Waals surface area contributed by atoms with E-state index < -0.39 is 170 Å². The fourth-order valence-electron chi connectivity index (χ4n) is 17.5. The maximum Gasteiger partial charge on any atom is 0.397 e. The number of hydrogen-bond acceptors (Lipinski definition) is 24. The summed E-state index contributed by atoms with van der Waals surface area (Å²) in [4.78, 5) is 55.4. The molecule has 0 aromatic heterocycles. The van der Waals surface area contributed by atoms with Crippen LogP contribution in [0.2, 0.25) is 0 Å². The number of esters is 1. The molecule has 0 aromatic carbocycles. The van der Waals surface area contributed by atoms with Crippen molar-refractivity contribution in [3.05, 3.63) is 11.6 Å². The Hall–Kier alpha value is -2.99. The third kappa shape index (κ3) is 19.0. The second-order valence-corrected chi connectivity index (χ2v) is 34.5. The van der Waals surface area contributed by atoms with Gasteiger partial charge in [0.1, 0.15) is 30.5 Å². The van der Waals surface area contributed by atoms with Crippen LogP contribution in [0.1, 0.15) is 216 Å². The first-order valence-electron chi connectivity index (χ1n) is 33.0. The van der Waals surface area contributed by atoms with E-state index in [0.29, 0.717) is 32.3 Å². The summed E-state index contributed by atoms with van der Waals surface area (Å²) in [6, 6.07) is 0. The van der Waals surface area contributed by atoms with Crippen molar-refractivity contribution in [3.63, 3.8) is 0 Å². The van der Waals surface area contributed by atoms with Crippen LogP contribution in [0.4, 0.5) is 0 Å². The normalized spacial score (nSPS) is 37.3. The van der Waals surface area contributed by atoms with E-state index in [1.165, 1.54) is 77.0 Å². The van der Waals surface area contributed by atoms with Crippen LogP contribution in [0.3, 0.4) is 0 Å². The van der Waals surface area contributed by atoms with Crippen LogP contribution in [0.15, 0.2) is 11.6 Å². The number of ketones is 1. The van der Waals surface area contributed by atoms with E-state index in [-0.39, 0.29) is 35.9 Å². The molecular formula is C60H98O31S5. The van der Waals surface area contributed by atoms with E-state index in [1.807, 2.05) is 13.8 Å². The molecule has 7 aliphatic rings. The summed E-state index contributed by atoms with van der Waals surface area (Å²) >= 11 is 0. The standard InChI is InChI=1S/C60H98O31S5/c1-9-10-11-12-13-14-15-16-17-18-19-20-21-22-23-24-33-82-54(66)57(5)30-29-56(4)31-32-59(7)36(37(56)35-57)34-38(61)49-58(6)27-26-40(55(2,3)39(58)25-28-60(49,59)8)83-52-47(43(89-94(73,74)75)41(87-92(67,68)69)45(84-52)50(62)63)86-53-48(91-96(79,80)81)44(90-95(76,77)78)42(88-93(70,71)72)46(85-53)51(64)65/h34,37,39-49,52-53H,9-33,35H2,1-8H3,(H,62,63)(H,64,65)(H,67,68,69)(H,70,71,72)(H,73,74,75)(H,76,77,78)(H,79,80,81)/t37?,39?,40?,41-,42-,43-,44-,45-,46-,47+,48+,49?,52+,53-,56?,57-,58?,59+,60?/m0/s1. The molecule has 2 saturated heterocycles. The summed E-state index contributed by atoms with van der Waals surface area (Å²) in [7, 11) is -30.3. The highest BCUT2D eigenvalue weighted by Gasteiger charge is 2.71. The maximum atomic E-state index is 15.5. The number of aliphatic carboxylic acids is 2.